The van der Waals surface area contributed by atoms with Crippen molar-refractivity contribution in [3.8, 4) is 11.5 Å². The van der Waals surface area contributed by atoms with Crippen LogP contribution in [0.25, 0.3) is 10.9 Å². The number of amides is 2. The molecule has 1 N–H and O–H groups in total. The molecule has 1 saturated heterocycles. The molecule has 0 saturated carbocycles. The number of methoxy groups -OCH3 is 2. The number of nitrogens with zero attached hydrogens (tertiary/aromatic N) is 4. The number of hydrogen-bond acceptors (Lipinski definition) is 6. The zero-order chi connectivity index (χ0) is 21.8. The average molecular weight is 442 g/mol. The van der Waals surface area contributed by atoms with Crippen molar-refractivity contribution in [1.82, 2.24) is 20.2 Å². The Morgan fingerprint density at radius 3 is 2.39 bits per heavy atom. The first-order valence-corrected chi connectivity index (χ1v) is 10.4. The molecule has 1 fully saturated rings. The van der Waals surface area contributed by atoms with Crippen molar-refractivity contribution < 1.29 is 14.3 Å². The van der Waals surface area contributed by atoms with Gasteiger partial charge in [-0.3, -0.25) is 0 Å². The first kappa shape index (κ1) is 21.0. The Kier molecular flexibility index (Phi) is 6.27. The van der Waals surface area contributed by atoms with Crippen LogP contribution in [-0.4, -0.2) is 61.3 Å². The topological polar surface area (TPSA) is 79.8 Å². The van der Waals surface area contributed by atoms with Crippen LogP contribution in [-0.2, 0) is 6.54 Å². The van der Waals surface area contributed by atoms with E-state index >= 15 is 0 Å². The molecule has 162 valence electrons. The largest absolute Gasteiger partial charge is 0.493 e. The monoisotopic (exact) mass is 441 g/mol. The van der Waals surface area contributed by atoms with E-state index in [0.717, 1.165) is 22.3 Å². The molecule has 0 unspecified atom stereocenters. The quantitative estimate of drug-likeness (QED) is 0.654. The van der Waals surface area contributed by atoms with Crippen molar-refractivity contribution in [1.29, 1.82) is 0 Å². The van der Waals surface area contributed by atoms with E-state index < -0.39 is 0 Å². The highest BCUT2D eigenvalue weighted by atomic mass is 35.5. The van der Waals surface area contributed by atoms with Crippen molar-refractivity contribution in [2.24, 2.45) is 0 Å². The number of rotatable bonds is 5. The molecule has 0 spiro atoms. The van der Waals surface area contributed by atoms with Gasteiger partial charge >= 0.3 is 6.03 Å². The SMILES string of the molecule is COc1cc2ncnc(N3CCN(C(=O)NCc4ccc(Cl)cc4)CC3)c2cc1OC. The number of hydrogen-bond donors (Lipinski definition) is 1. The number of carbonyl (C=O) groups is 1. The van der Waals surface area contributed by atoms with Crippen molar-refractivity contribution in [2.45, 2.75) is 6.54 Å². The normalized spacial score (nSPS) is 13.9. The molecule has 4 rings (SSSR count). The highest BCUT2D eigenvalue weighted by Crippen LogP contribution is 2.34. The van der Waals surface area contributed by atoms with Crippen LogP contribution < -0.4 is 19.7 Å². The molecule has 8 nitrogen and oxygen atoms in total. The number of halogens is 1. The summed E-state index contributed by atoms with van der Waals surface area (Å²) < 4.78 is 10.8. The van der Waals surface area contributed by atoms with E-state index in [1.165, 1.54) is 0 Å². The maximum absolute atomic E-state index is 12.6. The number of nitrogens with one attached hydrogen (secondary N) is 1. The predicted molar refractivity (Wildman–Crippen MR) is 120 cm³/mol. The summed E-state index contributed by atoms with van der Waals surface area (Å²) in [4.78, 5) is 25.4. The lowest BCUT2D eigenvalue weighted by molar-refractivity contribution is 0.194. The van der Waals surface area contributed by atoms with Crippen LogP contribution in [0, 0.1) is 0 Å². The van der Waals surface area contributed by atoms with E-state index in [1.807, 2.05) is 41.3 Å². The summed E-state index contributed by atoms with van der Waals surface area (Å²) in [5.41, 5.74) is 1.79. The van der Waals surface area contributed by atoms with Gasteiger partial charge in [0.1, 0.15) is 12.1 Å². The molecule has 2 amide bonds. The molecule has 1 aliphatic rings. The van der Waals surface area contributed by atoms with E-state index in [-0.39, 0.29) is 6.03 Å². The first-order valence-electron chi connectivity index (χ1n) is 9.98. The van der Waals surface area contributed by atoms with E-state index in [4.69, 9.17) is 21.1 Å². The van der Waals surface area contributed by atoms with Crippen molar-refractivity contribution >= 4 is 34.4 Å². The Bertz CT molecular complexity index is 1070. The third-order valence-electron chi connectivity index (χ3n) is 5.34. The van der Waals surface area contributed by atoms with Gasteiger partial charge in [0.05, 0.1) is 19.7 Å². The minimum absolute atomic E-state index is 0.0754. The lowest BCUT2D eigenvalue weighted by Gasteiger charge is -2.35. The lowest BCUT2D eigenvalue weighted by Crippen LogP contribution is -2.52. The van der Waals surface area contributed by atoms with Gasteiger partial charge in [-0.05, 0) is 23.8 Å². The van der Waals surface area contributed by atoms with E-state index in [2.05, 4.69) is 20.2 Å². The molecule has 3 aromatic rings. The second-order valence-electron chi connectivity index (χ2n) is 7.18. The van der Waals surface area contributed by atoms with Crippen LogP contribution in [0.2, 0.25) is 5.02 Å². The Labute approximate surface area is 185 Å². The Hall–Kier alpha value is -3.26. The Morgan fingerprint density at radius 1 is 1.03 bits per heavy atom. The number of carbonyl (C=O) groups excluding carboxylic acids is 1. The number of ether oxygens (including phenoxy) is 2. The van der Waals surface area contributed by atoms with Crippen LogP contribution in [0.5, 0.6) is 11.5 Å². The summed E-state index contributed by atoms with van der Waals surface area (Å²) in [5.74, 6) is 2.08. The van der Waals surface area contributed by atoms with Crippen molar-refractivity contribution in [3.05, 3.63) is 53.3 Å². The first-order chi connectivity index (χ1) is 15.1. The molecule has 0 aliphatic carbocycles. The molecule has 0 radical (unpaired) electrons. The van der Waals surface area contributed by atoms with Gasteiger partial charge in [-0.1, -0.05) is 23.7 Å². The number of piperazine rings is 1. The summed E-state index contributed by atoms with van der Waals surface area (Å²) in [7, 11) is 3.21. The van der Waals surface area contributed by atoms with E-state index in [1.54, 1.807) is 20.5 Å². The van der Waals surface area contributed by atoms with Gasteiger partial charge in [0.25, 0.3) is 0 Å². The number of benzene rings is 2. The summed E-state index contributed by atoms with van der Waals surface area (Å²) in [6.45, 7) is 3.02. The fourth-order valence-corrected chi connectivity index (χ4v) is 3.76. The maximum atomic E-state index is 12.6. The van der Waals surface area contributed by atoms with Gasteiger partial charge < -0.3 is 24.6 Å². The van der Waals surface area contributed by atoms with Crippen LogP contribution in [0.1, 0.15) is 5.56 Å². The highest BCUT2D eigenvalue weighted by molar-refractivity contribution is 6.30. The second-order valence-corrected chi connectivity index (χ2v) is 7.62. The van der Waals surface area contributed by atoms with Gasteiger partial charge in [-0.15, -0.1) is 0 Å². The van der Waals surface area contributed by atoms with Crippen molar-refractivity contribution in [2.75, 3.05) is 45.3 Å². The number of anilines is 1. The zero-order valence-corrected chi connectivity index (χ0v) is 18.2. The molecule has 0 bridgehead atoms. The molecular weight excluding hydrogens is 418 g/mol. The zero-order valence-electron chi connectivity index (χ0n) is 17.5. The molecule has 2 aromatic carbocycles. The van der Waals surface area contributed by atoms with Gasteiger partial charge in [-0.25, -0.2) is 14.8 Å². The van der Waals surface area contributed by atoms with Crippen LogP contribution >= 0.6 is 11.6 Å². The molecular formula is C22H24ClN5O3. The standard InChI is InChI=1S/C22H24ClN5O3/c1-30-19-11-17-18(12-20(19)31-2)25-14-26-21(17)27-7-9-28(10-8-27)22(29)24-13-15-3-5-16(23)6-4-15/h3-6,11-12,14H,7-10,13H2,1-2H3,(H,24,29). The van der Waals surface area contributed by atoms with E-state index in [9.17, 15) is 4.79 Å². The molecule has 9 heteroatoms. The maximum Gasteiger partial charge on any atom is 0.317 e. The van der Waals surface area contributed by atoms with Crippen LogP contribution in [0.4, 0.5) is 10.6 Å². The van der Waals surface area contributed by atoms with Gasteiger partial charge in [0, 0.05) is 49.2 Å². The summed E-state index contributed by atoms with van der Waals surface area (Å²) in [5, 5.41) is 4.54. The van der Waals surface area contributed by atoms with Gasteiger partial charge in [0.2, 0.25) is 0 Å². The lowest BCUT2D eigenvalue weighted by atomic mass is 10.2. The fourth-order valence-electron chi connectivity index (χ4n) is 3.63. The summed E-state index contributed by atoms with van der Waals surface area (Å²) in [6, 6.07) is 11.1. The Balaban J connectivity index is 1.42. The molecule has 2 heterocycles. The molecule has 1 aliphatic heterocycles. The molecule has 0 atom stereocenters. The Morgan fingerprint density at radius 2 is 1.71 bits per heavy atom. The van der Waals surface area contributed by atoms with Gasteiger partial charge in [0.15, 0.2) is 11.5 Å². The number of fused-ring (bicyclic) bond motifs is 1. The molecule has 31 heavy (non-hydrogen) atoms. The third kappa shape index (κ3) is 4.59. The van der Waals surface area contributed by atoms with Crippen molar-refractivity contribution in [3.63, 3.8) is 0 Å². The number of urea groups is 1. The third-order valence-corrected chi connectivity index (χ3v) is 5.60. The van der Waals surface area contributed by atoms with Crippen LogP contribution in [0.3, 0.4) is 0 Å². The van der Waals surface area contributed by atoms with Gasteiger partial charge in [-0.2, -0.15) is 0 Å². The minimum Gasteiger partial charge on any atom is -0.493 e. The fraction of sp³-hybridized carbons (Fsp3) is 0.318. The summed E-state index contributed by atoms with van der Waals surface area (Å²) in [6.07, 6.45) is 1.55. The van der Waals surface area contributed by atoms with Crippen LogP contribution in [0.15, 0.2) is 42.7 Å². The second kappa shape index (κ2) is 9.26. The average Bonchev–Trinajstić information content (AvgIpc) is 2.82. The summed E-state index contributed by atoms with van der Waals surface area (Å²) >= 11 is 5.91. The minimum atomic E-state index is -0.0754. The highest BCUT2D eigenvalue weighted by Gasteiger charge is 2.23. The number of aromatic nitrogens is 2. The predicted octanol–water partition coefficient (Wildman–Crippen LogP) is 3.33. The van der Waals surface area contributed by atoms with E-state index in [0.29, 0.717) is 49.2 Å². The smallest absolute Gasteiger partial charge is 0.317 e. The molecule has 1 aromatic heterocycles.